The van der Waals surface area contributed by atoms with Crippen LogP contribution in [0.25, 0.3) is 0 Å². The van der Waals surface area contributed by atoms with E-state index in [1.165, 1.54) is 0 Å². The Bertz CT molecular complexity index is 617. The van der Waals surface area contributed by atoms with Crippen molar-refractivity contribution in [3.8, 4) is 0 Å². The molecule has 1 aliphatic heterocycles. The minimum Gasteiger partial charge on any atom is -0.350 e. The lowest BCUT2D eigenvalue weighted by Gasteiger charge is -2.30. The van der Waals surface area contributed by atoms with E-state index in [0.29, 0.717) is 17.0 Å². The Morgan fingerprint density at radius 3 is 2.21 bits per heavy atom. The number of hydrogen-bond donors (Lipinski definition) is 1. The minimum absolute atomic E-state index is 0.238. The van der Waals surface area contributed by atoms with E-state index in [1.54, 1.807) is 24.3 Å². The summed E-state index contributed by atoms with van der Waals surface area (Å²) >= 11 is 0. The molecule has 1 atom stereocenters. The van der Waals surface area contributed by atoms with Crippen molar-refractivity contribution < 1.29 is 14.4 Å². The van der Waals surface area contributed by atoms with Gasteiger partial charge in [-0.1, -0.05) is 38.8 Å². The maximum Gasteiger partial charge on any atom is 0.262 e. The molecular weight excluding hydrogens is 304 g/mol. The van der Waals surface area contributed by atoms with Crippen LogP contribution < -0.4 is 5.32 Å². The van der Waals surface area contributed by atoms with Crippen LogP contribution in [0, 0.1) is 5.92 Å². The van der Waals surface area contributed by atoms with Crippen molar-refractivity contribution in [2.45, 2.75) is 52.5 Å². The molecule has 0 saturated heterocycles. The molecule has 1 heterocycles. The Kier molecular flexibility index (Phi) is 5.42. The van der Waals surface area contributed by atoms with Crippen molar-refractivity contribution in [3.05, 3.63) is 35.4 Å². The van der Waals surface area contributed by atoms with Gasteiger partial charge < -0.3 is 5.32 Å². The van der Waals surface area contributed by atoms with Gasteiger partial charge in [-0.2, -0.15) is 0 Å². The van der Waals surface area contributed by atoms with Crippen LogP contribution in [0.3, 0.4) is 0 Å². The number of carbonyl (C=O) groups is 3. The van der Waals surface area contributed by atoms with E-state index in [1.807, 2.05) is 13.8 Å². The second-order valence-corrected chi connectivity index (χ2v) is 7.27. The lowest BCUT2D eigenvalue weighted by atomic mass is 9.89. The Hall–Kier alpha value is -2.17. The number of nitrogens with one attached hydrogen (secondary N) is 1. The smallest absolute Gasteiger partial charge is 0.262 e. The predicted octanol–water partition coefficient (Wildman–Crippen LogP) is 3.00. The number of hydrogen-bond acceptors (Lipinski definition) is 3. The first-order chi connectivity index (χ1) is 11.2. The highest BCUT2D eigenvalue weighted by molar-refractivity contribution is 6.22. The van der Waals surface area contributed by atoms with Crippen LogP contribution in [0.15, 0.2) is 24.3 Å². The van der Waals surface area contributed by atoms with Crippen LogP contribution in [0.5, 0.6) is 0 Å². The van der Waals surface area contributed by atoms with Crippen molar-refractivity contribution in [1.82, 2.24) is 10.2 Å². The summed E-state index contributed by atoms with van der Waals surface area (Å²) in [6.07, 6.45) is 3.08. The summed E-state index contributed by atoms with van der Waals surface area (Å²) in [7, 11) is 0. The van der Waals surface area contributed by atoms with Gasteiger partial charge in [-0.05, 0) is 38.3 Å². The molecule has 0 spiro atoms. The van der Waals surface area contributed by atoms with E-state index >= 15 is 0 Å². The quantitative estimate of drug-likeness (QED) is 0.782. The third-order valence-corrected chi connectivity index (χ3v) is 4.30. The van der Waals surface area contributed by atoms with E-state index in [0.717, 1.165) is 24.2 Å². The summed E-state index contributed by atoms with van der Waals surface area (Å²) in [5.41, 5.74) is 0.363. The minimum atomic E-state index is -0.400. The molecular formula is C19H26N2O3. The SMILES string of the molecule is CCCC(C)CC(C)(C)NC(=O)CN1C(=O)c2ccccc2C1=O. The van der Waals surface area contributed by atoms with Gasteiger partial charge in [0.15, 0.2) is 0 Å². The average Bonchev–Trinajstić information content (AvgIpc) is 2.72. The molecule has 0 saturated carbocycles. The lowest BCUT2D eigenvalue weighted by Crippen LogP contribution is -2.49. The molecule has 1 N–H and O–H groups in total. The molecule has 0 aliphatic carbocycles. The number of nitrogens with zero attached hydrogens (tertiary/aromatic N) is 1. The lowest BCUT2D eigenvalue weighted by molar-refractivity contribution is -0.123. The third kappa shape index (κ3) is 4.02. The highest BCUT2D eigenvalue weighted by Crippen LogP contribution is 2.23. The fraction of sp³-hybridized carbons (Fsp3) is 0.526. The normalized spacial score (nSPS) is 15.4. The van der Waals surface area contributed by atoms with Gasteiger partial charge in [0, 0.05) is 5.54 Å². The van der Waals surface area contributed by atoms with Crippen molar-refractivity contribution in [2.24, 2.45) is 5.92 Å². The molecule has 0 fully saturated rings. The number of amides is 3. The molecule has 1 aromatic carbocycles. The molecule has 130 valence electrons. The van der Waals surface area contributed by atoms with Crippen LogP contribution in [0.1, 0.15) is 67.7 Å². The maximum absolute atomic E-state index is 12.3. The summed E-state index contributed by atoms with van der Waals surface area (Å²) in [5, 5.41) is 2.96. The van der Waals surface area contributed by atoms with Crippen molar-refractivity contribution in [1.29, 1.82) is 0 Å². The summed E-state index contributed by atoms with van der Waals surface area (Å²) < 4.78 is 0. The van der Waals surface area contributed by atoms with Crippen LogP contribution in [-0.2, 0) is 4.79 Å². The summed E-state index contributed by atoms with van der Waals surface area (Å²) in [5.74, 6) is -0.603. The molecule has 1 aliphatic rings. The van der Waals surface area contributed by atoms with Gasteiger partial charge in [-0.15, -0.1) is 0 Å². The first-order valence-corrected chi connectivity index (χ1v) is 8.51. The third-order valence-electron chi connectivity index (χ3n) is 4.30. The monoisotopic (exact) mass is 330 g/mol. The summed E-state index contributed by atoms with van der Waals surface area (Å²) in [6, 6.07) is 6.66. The van der Waals surface area contributed by atoms with Crippen LogP contribution in [0.2, 0.25) is 0 Å². The average molecular weight is 330 g/mol. The van der Waals surface area contributed by atoms with Crippen LogP contribution in [-0.4, -0.2) is 34.7 Å². The van der Waals surface area contributed by atoms with E-state index < -0.39 is 11.8 Å². The standard InChI is InChI=1S/C19H26N2O3/c1-5-8-13(2)11-19(3,4)20-16(22)12-21-17(23)14-9-6-7-10-15(14)18(21)24/h6-7,9-10,13H,5,8,11-12H2,1-4H3,(H,20,22). The van der Waals surface area contributed by atoms with Gasteiger partial charge in [0.2, 0.25) is 5.91 Å². The Morgan fingerprint density at radius 1 is 1.17 bits per heavy atom. The second kappa shape index (κ2) is 7.16. The zero-order chi connectivity index (χ0) is 17.9. The maximum atomic E-state index is 12.3. The number of imide groups is 1. The van der Waals surface area contributed by atoms with Gasteiger partial charge in [0.1, 0.15) is 6.54 Å². The van der Waals surface area contributed by atoms with E-state index in [2.05, 4.69) is 19.2 Å². The zero-order valence-corrected chi connectivity index (χ0v) is 14.9. The molecule has 1 unspecified atom stereocenters. The molecule has 1 aromatic rings. The molecule has 3 amide bonds. The molecule has 0 radical (unpaired) electrons. The van der Waals surface area contributed by atoms with Gasteiger partial charge in [-0.25, -0.2) is 0 Å². The number of rotatable bonds is 7. The van der Waals surface area contributed by atoms with Crippen LogP contribution in [0.4, 0.5) is 0 Å². The van der Waals surface area contributed by atoms with Gasteiger partial charge >= 0.3 is 0 Å². The molecule has 2 rings (SSSR count). The van der Waals surface area contributed by atoms with E-state index in [4.69, 9.17) is 0 Å². The van der Waals surface area contributed by atoms with Gasteiger partial charge in [0.05, 0.1) is 11.1 Å². The van der Waals surface area contributed by atoms with Gasteiger partial charge in [-0.3, -0.25) is 19.3 Å². The first kappa shape index (κ1) is 18.2. The molecule has 24 heavy (non-hydrogen) atoms. The highest BCUT2D eigenvalue weighted by atomic mass is 16.2. The Morgan fingerprint density at radius 2 is 1.71 bits per heavy atom. The Labute approximate surface area is 143 Å². The number of carbonyl (C=O) groups excluding carboxylic acids is 3. The highest BCUT2D eigenvalue weighted by Gasteiger charge is 2.36. The molecule has 5 nitrogen and oxygen atoms in total. The fourth-order valence-corrected chi connectivity index (χ4v) is 3.46. The molecule has 0 aromatic heterocycles. The topological polar surface area (TPSA) is 66.5 Å². The van der Waals surface area contributed by atoms with Gasteiger partial charge in [0.25, 0.3) is 11.8 Å². The largest absolute Gasteiger partial charge is 0.350 e. The zero-order valence-electron chi connectivity index (χ0n) is 14.9. The summed E-state index contributed by atoms with van der Waals surface area (Å²) in [6.45, 7) is 8.02. The summed E-state index contributed by atoms with van der Waals surface area (Å²) in [4.78, 5) is 38.0. The Balaban J connectivity index is 1.98. The van der Waals surface area contributed by atoms with Crippen molar-refractivity contribution in [2.75, 3.05) is 6.54 Å². The van der Waals surface area contributed by atoms with Crippen molar-refractivity contribution >= 4 is 17.7 Å². The second-order valence-electron chi connectivity index (χ2n) is 7.27. The molecule has 5 heteroatoms. The van der Waals surface area contributed by atoms with E-state index in [9.17, 15) is 14.4 Å². The fourth-order valence-electron chi connectivity index (χ4n) is 3.46. The molecule has 0 bridgehead atoms. The number of fused-ring (bicyclic) bond motifs is 1. The van der Waals surface area contributed by atoms with E-state index in [-0.39, 0.29) is 18.0 Å². The number of benzene rings is 1. The van der Waals surface area contributed by atoms with Crippen LogP contribution >= 0.6 is 0 Å². The first-order valence-electron chi connectivity index (χ1n) is 8.51. The van der Waals surface area contributed by atoms with Crippen molar-refractivity contribution in [3.63, 3.8) is 0 Å². The predicted molar refractivity (Wildman–Crippen MR) is 92.7 cm³/mol.